The third-order valence-corrected chi connectivity index (χ3v) is 13.1. The number of nitrogens with zero attached hydrogens (tertiary/aromatic N) is 3. The lowest BCUT2D eigenvalue weighted by Crippen LogP contribution is -2.59. The van der Waals surface area contributed by atoms with Gasteiger partial charge >= 0.3 is 0 Å². The van der Waals surface area contributed by atoms with Crippen molar-refractivity contribution in [2.45, 2.75) is 80.5 Å². The molecule has 0 aromatic heterocycles. The van der Waals surface area contributed by atoms with Crippen molar-refractivity contribution in [3.05, 3.63) is 85.5 Å². The molecule has 4 fully saturated rings. The molecule has 1 saturated carbocycles. The molecule has 3 aliphatic heterocycles. The van der Waals surface area contributed by atoms with Crippen molar-refractivity contribution in [1.29, 1.82) is 0 Å². The van der Waals surface area contributed by atoms with Crippen molar-refractivity contribution in [2.75, 3.05) is 31.2 Å². The molecule has 1 spiro atoms. The van der Waals surface area contributed by atoms with Gasteiger partial charge in [-0.3, -0.25) is 14.4 Å². The number of likely N-dealkylation sites (tertiary alicyclic amines) is 1. The molecule has 3 amide bonds. The maximum Gasteiger partial charge on any atom is 0.247 e. The Morgan fingerprint density at radius 3 is 2.35 bits per heavy atom. The average Bonchev–Trinajstić information content (AvgIpc) is 3.71. The number of carbonyl (C=O) groups is 3. The molecular weight excluding hydrogens is 623 g/mol. The first-order valence-electron chi connectivity index (χ1n) is 17.5. The van der Waals surface area contributed by atoms with Gasteiger partial charge in [0.25, 0.3) is 0 Å². The first-order chi connectivity index (χ1) is 23.3. The van der Waals surface area contributed by atoms with Crippen LogP contribution in [0.15, 0.2) is 79.9 Å². The number of rotatable bonds is 13. The molecule has 9 heteroatoms. The van der Waals surface area contributed by atoms with Crippen molar-refractivity contribution in [3.63, 3.8) is 0 Å². The monoisotopic (exact) mass is 671 g/mol. The number of thioether (sulfide) groups is 1. The lowest BCUT2D eigenvalue weighted by Gasteiger charge is -2.44. The van der Waals surface area contributed by atoms with Gasteiger partial charge in [0.1, 0.15) is 11.8 Å². The van der Waals surface area contributed by atoms with Crippen molar-refractivity contribution in [3.8, 4) is 5.75 Å². The van der Waals surface area contributed by atoms with Crippen LogP contribution in [0.2, 0.25) is 0 Å². The minimum atomic E-state index is -0.824. The summed E-state index contributed by atoms with van der Waals surface area (Å²) in [4.78, 5) is 50.5. The van der Waals surface area contributed by atoms with Crippen molar-refractivity contribution in [2.24, 2.45) is 17.8 Å². The molecule has 6 rings (SSSR count). The van der Waals surface area contributed by atoms with Crippen LogP contribution in [0.4, 0.5) is 5.69 Å². The number of amides is 3. The summed E-state index contributed by atoms with van der Waals surface area (Å²) in [5.74, 6) is -1.04. The predicted octanol–water partition coefficient (Wildman–Crippen LogP) is 6.02. The van der Waals surface area contributed by atoms with Crippen LogP contribution in [0.5, 0.6) is 5.75 Å². The maximum atomic E-state index is 15.2. The Morgan fingerprint density at radius 1 is 1.04 bits per heavy atom. The Bertz CT molecular complexity index is 1490. The SMILES string of the molecule is C=CCN(C(=O)[C@@H]1[C@@H]2CC(C)C3(S2)C(C(=O)N(CC=C)C2CCCCC2)N([C@H](CO)c2ccccc2)C(=O)[C@H]13)c1ccc(OCC)cc1. The van der Waals surface area contributed by atoms with Crippen molar-refractivity contribution in [1.82, 2.24) is 9.80 Å². The number of hydrogen-bond acceptors (Lipinski definition) is 6. The molecule has 8 nitrogen and oxygen atoms in total. The van der Waals surface area contributed by atoms with E-state index in [9.17, 15) is 9.90 Å². The van der Waals surface area contributed by atoms with E-state index in [1.807, 2.05) is 66.4 Å². The number of ether oxygens (including phenoxy) is 1. The van der Waals surface area contributed by atoms with E-state index in [0.29, 0.717) is 18.8 Å². The van der Waals surface area contributed by atoms with Crippen LogP contribution < -0.4 is 9.64 Å². The van der Waals surface area contributed by atoms with Crippen LogP contribution in [-0.2, 0) is 14.4 Å². The number of carbonyl (C=O) groups excluding carboxylic acids is 3. The summed E-state index contributed by atoms with van der Waals surface area (Å²) >= 11 is 1.67. The number of fused-ring (bicyclic) bond motifs is 1. The summed E-state index contributed by atoms with van der Waals surface area (Å²) in [5, 5.41) is 10.8. The van der Waals surface area contributed by atoms with E-state index in [4.69, 9.17) is 4.74 Å². The van der Waals surface area contributed by atoms with E-state index in [0.717, 1.165) is 49.8 Å². The normalized spacial score (nSPS) is 28.5. The predicted molar refractivity (Wildman–Crippen MR) is 191 cm³/mol. The van der Waals surface area contributed by atoms with Crippen LogP contribution in [0.25, 0.3) is 0 Å². The van der Waals surface area contributed by atoms with Crippen LogP contribution in [0, 0.1) is 17.8 Å². The van der Waals surface area contributed by atoms with Gasteiger partial charge < -0.3 is 24.5 Å². The highest BCUT2D eigenvalue weighted by Crippen LogP contribution is 2.69. The molecule has 48 heavy (non-hydrogen) atoms. The molecule has 0 radical (unpaired) electrons. The quantitative estimate of drug-likeness (QED) is 0.262. The Labute approximate surface area is 289 Å². The van der Waals surface area contributed by atoms with Gasteiger partial charge in [-0.2, -0.15) is 0 Å². The van der Waals surface area contributed by atoms with Gasteiger partial charge in [0.2, 0.25) is 17.7 Å². The number of aliphatic hydroxyl groups excluding tert-OH is 1. The fourth-order valence-electron chi connectivity index (χ4n) is 9.01. The highest BCUT2D eigenvalue weighted by molar-refractivity contribution is 8.02. The molecule has 3 heterocycles. The fraction of sp³-hybridized carbons (Fsp3) is 0.513. The van der Waals surface area contributed by atoms with Gasteiger partial charge in [0.05, 0.1) is 35.8 Å². The van der Waals surface area contributed by atoms with Gasteiger partial charge in [-0.25, -0.2) is 0 Å². The van der Waals surface area contributed by atoms with E-state index >= 15 is 9.59 Å². The maximum absolute atomic E-state index is 15.2. The molecule has 3 unspecified atom stereocenters. The van der Waals surface area contributed by atoms with Crippen LogP contribution in [-0.4, -0.2) is 81.0 Å². The molecular formula is C39H49N3O5S. The minimum absolute atomic E-state index is 0.00911. The second-order valence-corrected chi connectivity index (χ2v) is 15.2. The summed E-state index contributed by atoms with van der Waals surface area (Å²) in [6, 6.07) is 15.4. The number of benzene rings is 2. The van der Waals surface area contributed by atoms with Gasteiger partial charge in [-0.05, 0) is 61.9 Å². The van der Waals surface area contributed by atoms with Crippen LogP contribution >= 0.6 is 11.8 Å². The van der Waals surface area contributed by atoms with Gasteiger partial charge in [-0.15, -0.1) is 24.9 Å². The third-order valence-electron chi connectivity index (χ3n) is 11.1. The topological polar surface area (TPSA) is 90.4 Å². The standard InChI is InChI=1S/C39H49N3O5S/c1-5-22-40(29-18-20-30(21-19-29)47-7-3)36(44)33-32-24-26(4)39(48-32)34(33)37(45)42(31(25-43)27-14-10-8-11-15-27)35(39)38(46)41(23-6-2)28-16-12-9-13-17-28/h5-6,8,10-11,14-15,18-21,26,28,31-35,43H,1-2,7,9,12-13,16-17,22-25H2,3-4H3/t26?,31-,32+,33-,34+,35?,39?/m1/s1. The minimum Gasteiger partial charge on any atom is -0.494 e. The summed E-state index contributed by atoms with van der Waals surface area (Å²) in [6.07, 6.45) is 9.33. The van der Waals surface area contributed by atoms with Crippen LogP contribution in [0.1, 0.15) is 64.0 Å². The highest BCUT2D eigenvalue weighted by Gasteiger charge is 2.77. The first kappa shape index (κ1) is 34.3. The third kappa shape index (κ3) is 5.76. The van der Waals surface area contributed by atoms with E-state index in [2.05, 4.69) is 20.1 Å². The Morgan fingerprint density at radius 2 is 1.73 bits per heavy atom. The van der Waals surface area contributed by atoms with Gasteiger partial charge in [-0.1, -0.05) is 68.7 Å². The molecule has 2 bridgehead atoms. The highest BCUT2D eigenvalue weighted by atomic mass is 32.2. The zero-order chi connectivity index (χ0) is 34.0. The van der Waals surface area contributed by atoms with Gasteiger partial charge in [0.15, 0.2) is 0 Å². The summed E-state index contributed by atoms with van der Waals surface area (Å²) < 4.78 is 4.83. The number of anilines is 1. The second kappa shape index (κ2) is 14.5. The molecule has 3 saturated heterocycles. The molecule has 1 N–H and O–H groups in total. The summed E-state index contributed by atoms with van der Waals surface area (Å²) in [7, 11) is 0. The van der Waals surface area contributed by atoms with E-state index < -0.39 is 28.7 Å². The Balaban J connectivity index is 1.44. The van der Waals surface area contributed by atoms with E-state index in [-0.39, 0.29) is 48.1 Å². The fourth-order valence-corrected chi connectivity index (χ4v) is 11.4. The molecule has 2 aromatic carbocycles. The van der Waals surface area contributed by atoms with E-state index in [1.165, 1.54) is 0 Å². The zero-order valence-electron chi connectivity index (χ0n) is 28.2. The lowest BCUT2D eigenvalue weighted by atomic mass is 9.65. The molecule has 2 aromatic rings. The van der Waals surface area contributed by atoms with Gasteiger partial charge in [0, 0.05) is 30.1 Å². The summed E-state index contributed by atoms with van der Waals surface area (Å²) in [5.41, 5.74) is 1.48. The number of hydrogen-bond donors (Lipinski definition) is 1. The van der Waals surface area contributed by atoms with Crippen LogP contribution in [0.3, 0.4) is 0 Å². The molecule has 4 aliphatic rings. The number of aliphatic hydroxyl groups is 1. The zero-order valence-corrected chi connectivity index (χ0v) is 29.0. The van der Waals surface area contributed by atoms with E-state index in [1.54, 1.807) is 33.7 Å². The molecule has 7 atom stereocenters. The largest absolute Gasteiger partial charge is 0.494 e. The Hall–Kier alpha value is -3.56. The van der Waals surface area contributed by atoms with Crippen molar-refractivity contribution >= 4 is 35.2 Å². The lowest BCUT2D eigenvalue weighted by molar-refractivity contribution is -0.147. The van der Waals surface area contributed by atoms with Crippen molar-refractivity contribution < 1.29 is 24.2 Å². The summed E-state index contributed by atoms with van der Waals surface area (Å²) in [6.45, 7) is 12.9. The Kier molecular flexibility index (Phi) is 10.4. The smallest absolute Gasteiger partial charge is 0.247 e. The molecule has 256 valence electrons. The first-order valence-corrected chi connectivity index (χ1v) is 18.4. The second-order valence-electron chi connectivity index (χ2n) is 13.6. The molecule has 1 aliphatic carbocycles. The average molecular weight is 672 g/mol.